The zero-order chi connectivity index (χ0) is 66.5. The van der Waals surface area contributed by atoms with Crippen molar-refractivity contribution in [2.45, 2.75) is 122 Å². The van der Waals surface area contributed by atoms with Crippen LogP contribution in [0.15, 0.2) is 36.4 Å². The van der Waals surface area contributed by atoms with Gasteiger partial charge in [-0.2, -0.15) is 15.6 Å². The number of thiophene rings is 6. The van der Waals surface area contributed by atoms with Gasteiger partial charge in [-0.15, -0.1) is 98.6 Å². The largest absolute Gasteiger partial charge is 0.477 e. The summed E-state index contributed by atoms with van der Waals surface area (Å²) in [5.41, 5.74) is 10.5. The van der Waals surface area contributed by atoms with Crippen LogP contribution in [0, 0.1) is 11.8 Å². The molecule has 3 aliphatic rings. The fourth-order valence-electron chi connectivity index (χ4n) is 12.7. The number of hydrogen-bond acceptors (Lipinski definition) is 22. The summed E-state index contributed by atoms with van der Waals surface area (Å²) in [6, 6.07) is 11.3. The Bertz CT molecular complexity index is 3810. The van der Waals surface area contributed by atoms with Crippen LogP contribution in [-0.4, -0.2) is 190 Å². The van der Waals surface area contributed by atoms with Gasteiger partial charge in [0.25, 0.3) is 23.6 Å². The van der Waals surface area contributed by atoms with Crippen molar-refractivity contribution in [1.82, 2.24) is 81.5 Å². The maximum absolute atomic E-state index is 12.8. The molecule has 12 rings (SSSR count). The van der Waals surface area contributed by atoms with Crippen LogP contribution >= 0.6 is 68.0 Å². The van der Waals surface area contributed by atoms with Gasteiger partial charge in [0, 0.05) is 91.7 Å². The highest BCUT2D eigenvalue weighted by atomic mass is 32.1. The number of carbonyl (C=O) groups is 6. The fraction of sp³-hybridized carbons (Fsp3) is 0.468. The van der Waals surface area contributed by atoms with Crippen LogP contribution in [0.5, 0.6) is 0 Å². The fourth-order valence-corrected chi connectivity index (χ4v) is 21.1. The van der Waals surface area contributed by atoms with Crippen molar-refractivity contribution >= 4 is 104 Å². The molecule has 0 saturated carbocycles. The van der Waals surface area contributed by atoms with Gasteiger partial charge in [-0.25, -0.2) is 9.59 Å². The Balaban J connectivity index is 0.000000164. The molecule has 1 atom stereocenters. The standard InChI is InChI=1S/C22H28N6O2S2.C21H27N7O2S2.C18H18N4O4S2.CH4/c1-12(2)11-22(21-23-25-26-24-21)17-13(9-15(31-17)19(29)27(3)4)7-8-14-10-16(32-18(14)22)20(30)28(5)6;1-11(22)10-21(20-23-25-26-24-20)16-12(8-14(31-16)18(29)27(2)3)6-7-13-9-15(32-17(13)21)19(30)28(4)5;1-8(2)7-18(17-19-21-22-20-17)13-9(5-11(27-13)15(23)24)3-4-10-6-12(16(25)26)28-14(10)18;/h9-10,12H,7-8,11H2,1-6H3,(H,23,24,25,26);8-9,11H,6-7,10,22H2,1-5H3,(H,23,24,25,26);5-6,8H,3-4,7H2,1-2H3,(H,23,24)(H,25,26)(H,19,20,21,22);1H4/t;11-;;/m.0../s1. The Morgan fingerprint density at radius 2 is 0.634 bits per heavy atom. The van der Waals surface area contributed by atoms with Crippen LogP contribution in [0.4, 0.5) is 0 Å². The van der Waals surface area contributed by atoms with Gasteiger partial charge < -0.3 is 35.5 Å². The molecule has 4 amide bonds. The monoisotopic (exact) mass is 1380 g/mol. The highest BCUT2D eigenvalue weighted by molar-refractivity contribution is 7.17. The number of aromatic nitrogens is 12. The highest BCUT2D eigenvalue weighted by Crippen LogP contribution is 2.56. The topological polar surface area (TPSA) is 345 Å². The van der Waals surface area contributed by atoms with Crippen molar-refractivity contribution in [2.75, 3.05) is 56.4 Å². The van der Waals surface area contributed by atoms with Crippen molar-refractivity contribution in [2.24, 2.45) is 17.6 Å². The van der Waals surface area contributed by atoms with E-state index in [2.05, 4.69) is 89.6 Å². The van der Waals surface area contributed by atoms with Crippen molar-refractivity contribution in [3.05, 3.63) is 146 Å². The molecule has 9 aromatic heterocycles. The number of fused-ring (bicyclic) bond motifs is 6. The first-order valence-corrected chi connectivity index (χ1v) is 34.6. The highest BCUT2D eigenvalue weighted by Gasteiger charge is 2.52. The molecular weight excluding hydrogens is 1300 g/mol. The Morgan fingerprint density at radius 1 is 0.419 bits per heavy atom. The molecule has 93 heavy (non-hydrogen) atoms. The maximum atomic E-state index is 12.8. The van der Waals surface area contributed by atoms with E-state index < -0.39 is 28.2 Å². The summed E-state index contributed by atoms with van der Waals surface area (Å²) >= 11 is 8.41. The van der Waals surface area contributed by atoms with E-state index in [0.717, 1.165) is 94.7 Å². The summed E-state index contributed by atoms with van der Waals surface area (Å²) in [6.07, 6.45) is 6.27. The zero-order valence-electron chi connectivity index (χ0n) is 53.2. The van der Waals surface area contributed by atoms with Gasteiger partial charge in [-0.05, 0) is 146 Å². The number of hydrogen-bond donors (Lipinski definition) is 6. The lowest BCUT2D eigenvalue weighted by atomic mass is 9.75. The molecule has 0 unspecified atom stereocenters. The van der Waals surface area contributed by atoms with Gasteiger partial charge >= 0.3 is 11.9 Å². The number of carbonyl (C=O) groups excluding carboxylic acids is 4. The van der Waals surface area contributed by atoms with Crippen molar-refractivity contribution in [1.29, 1.82) is 0 Å². The summed E-state index contributed by atoms with van der Waals surface area (Å²) in [4.78, 5) is 90.1. The number of nitrogens with zero attached hydrogens (tertiary/aromatic N) is 13. The van der Waals surface area contributed by atoms with Crippen LogP contribution in [0.25, 0.3) is 0 Å². The summed E-state index contributed by atoms with van der Waals surface area (Å²) in [5.74, 6) is 0.0476. The van der Waals surface area contributed by atoms with E-state index >= 15 is 0 Å². The van der Waals surface area contributed by atoms with Crippen LogP contribution in [0.2, 0.25) is 0 Å². The van der Waals surface area contributed by atoms with E-state index in [9.17, 15) is 39.0 Å². The van der Waals surface area contributed by atoms with E-state index in [1.807, 2.05) is 31.2 Å². The van der Waals surface area contributed by atoms with Gasteiger partial charge in [0.1, 0.15) is 26.0 Å². The third kappa shape index (κ3) is 13.0. The molecule has 0 bridgehead atoms. The van der Waals surface area contributed by atoms with E-state index in [1.54, 1.807) is 88.1 Å². The molecule has 0 aliphatic heterocycles. The lowest BCUT2D eigenvalue weighted by molar-refractivity contribution is 0.0691. The first-order valence-electron chi connectivity index (χ1n) is 29.7. The molecule has 9 aromatic rings. The lowest BCUT2D eigenvalue weighted by Crippen LogP contribution is -2.36. The summed E-state index contributed by atoms with van der Waals surface area (Å²) in [5, 5.41) is 64.6. The number of carboxylic acids is 2. The van der Waals surface area contributed by atoms with E-state index in [-0.39, 0.29) is 52.8 Å². The molecule has 0 saturated heterocycles. The minimum absolute atomic E-state index is 0. The second kappa shape index (κ2) is 27.6. The van der Waals surface area contributed by atoms with Gasteiger partial charge in [0.05, 0.1) is 19.5 Å². The molecule has 0 spiro atoms. The first kappa shape index (κ1) is 69.5. The second-order valence-electron chi connectivity index (χ2n) is 25.0. The summed E-state index contributed by atoms with van der Waals surface area (Å²) < 4.78 is 0. The minimum atomic E-state index is -0.970. The number of tetrazole rings is 3. The number of amides is 4. The molecule has 31 heteroatoms. The second-order valence-corrected chi connectivity index (χ2v) is 31.3. The minimum Gasteiger partial charge on any atom is -0.477 e. The van der Waals surface area contributed by atoms with Crippen LogP contribution in [0.3, 0.4) is 0 Å². The predicted molar refractivity (Wildman–Crippen MR) is 360 cm³/mol. The van der Waals surface area contributed by atoms with Gasteiger partial charge in [-0.3, -0.25) is 19.2 Å². The molecule has 9 heterocycles. The number of aromatic amines is 3. The van der Waals surface area contributed by atoms with Crippen molar-refractivity contribution < 1.29 is 39.0 Å². The Hall–Kier alpha value is -7.81. The molecule has 7 N–H and O–H groups in total. The number of aromatic carboxylic acids is 2. The first-order chi connectivity index (χ1) is 43.6. The molecular formula is C62H77N17O8S6. The zero-order valence-corrected chi connectivity index (χ0v) is 58.1. The quantitative estimate of drug-likeness (QED) is 0.0557. The SMILES string of the molecule is C.CC(C)CC1(c2nn[nH]n2)c2sc(C(=O)N(C)C)cc2CCc2cc(C(=O)N(C)C)sc21.CC(C)CC1(c2nn[nH]n2)c2sc(C(=O)O)cc2CCc2cc(C(=O)O)sc21.C[C@H](N)CC1(c2nn[nH]n2)c2sc(C(=O)N(C)C)cc2CCc2cc(C(=O)N(C)C)sc21. The third-order valence-corrected chi connectivity index (χ3v) is 24.3. The normalized spacial score (nSPS) is 14.9. The number of nitrogens with two attached hydrogens (primary N) is 1. The van der Waals surface area contributed by atoms with Crippen molar-refractivity contribution in [3.63, 3.8) is 0 Å². The Morgan fingerprint density at radius 3 is 0.817 bits per heavy atom. The van der Waals surface area contributed by atoms with Gasteiger partial charge in [-0.1, -0.05) is 50.8 Å². The van der Waals surface area contributed by atoms with Crippen molar-refractivity contribution in [3.8, 4) is 0 Å². The molecule has 3 aliphatic carbocycles. The van der Waals surface area contributed by atoms with Crippen LogP contribution < -0.4 is 5.73 Å². The molecule has 0 aromatic carbocycles. The van der Waals surface area contributed by atoms with Gasteiger partial charge in [0.2, 0.25) is 0 Å². The number of aryl methyl sites for hydroxylation is 6. The molecule has 25 nitrogen and oxygen atoms in total. The predicted octanol–water partition coefficient (Wildman–Crippen LogP) is 8.94. The summed E-state index contributed by atoms with van der Waals surface area (Å²) in [6.45, 7) is 10.4. The van der Waals surface area contributed by atoms with Crippen LogP contribution in [0.1, 0.15) is 199 Å². The van der Waals surface area contributed by atoms with E-state index in [0.29, 0.717) is 68.6 Å². The lowest BCUT2D eigenvalue weighted by Gasteiger charge is -2.32. The molecule has 494 valence electrons. The summed E-state index contributed by atoms with van der Waals surface area (Å²) in [7, 11) is 14.1. The number of carboxylic acid groups (broad SMARTS) is 2. The number of nitrogens with one attached hydrogen (secondary N) is 3. The van der Waals surface area contributed by atoms with E-state index in [1.165, 1.54) is 68.0 Å². The Kier molecular flexibility index (Phi) is 20.7. The molecule has 0 fully saturated rings. The van der Waals surface area contributed by atoms with Gasteiger partial charge in [0.15, 0.2) is 17.5 Å². The Labute approximate surface area is 562 Å². The van der Waals surface area contributed by atoms with E-state index in [4.69, 9.17) is 5.73 Å². The average Bonchev–Trinajstić information content (AvgIpc) is 1.60. The third-order valence-electron chi connectivity index (χ3n) is 16.3. The average molecular weight is 1380 g/mol. The number of H-pyrrole nitrogens is 3. The number of rotatable bonds is 15. The smallest absolute Gasteiger partial charge is 0.345 e. The molecule has 0 radical (unpaired) electrons. The maximum Gasteiger partial charge on any atom is 0.345 e. The van der Waals surface area contributed by atoms with Crippen LogP contribution in [-0.2, 0) is 54.8 Å².